The normalized spacial score (nSPS) is 20.6. The van der Waals surface area contributed by atoms with Gasteiger partial charge in [-0.1, -0.05) is 6.92 Å². The highest BCUT2D eigenvalue weighted by molar-refractivity contribution is 5.73. The molecule has 0 bridgehead atoms. The molecule has 0 radical (unpaired) electrons. The Bertz CT molecular complexity index is 181. The molecule has 1 heterocycles. The van der Waals surface area contributed by atoms with Crippen LogP contribution in [0.2, 0.25) is 0 Å². The van der Waals surface area contributed by atoms with Crippen molar-refractivity contribution in [2.24, 2.45) is 0 Å². The zero-order chi connectivity index (χ0) is 10.4. The van der Waals surface area contributed by atoms with E-state index in [4.69, 9.17) is 9.84 Å². The van der Waals surface area contributed by atoms with Gasteiger partial charge in [-0.15, -0.1) is 0 Å². The number of morpholine rings is 1. The lowest BCUT2D eigenvalue weighted by Gasteiger charge is -2.29. The van der Waals surface area contributed by atoms with Crippen molar-refractivity contribution in [1.82, 2.24) is 10.2 Å². The van der Waals surface area contributed by atoms with Crippen LogP contribution < -0.4 is 5.32 Å². The van der Waals surface area contributed by atoms with Crippen molar-refractivity contribution in [2.45, 2.75) is 13.0 Å². The first-order valence-electron chi connectivity index (χ1n) is 5.00. The maximum absolute atomic E-state index is 10.8. The summed E-state index contributed by atoms with van der Waals surface area (Å²) in [7, 11) is 0. The molecule has 5 nitrogen and oxygen atoms in total. The van der Waals surface area contributed by atoms with Gasteiger partial charge in [0.25, 0.3) is 0 Å². The standard InChI is InChI=1S/C9H18N2O3/c1-2-10-8(9(12)13)7-11-3-5-14-6-4-11/h8,10H,2-7H2,1H3,(H,12,13). The predicted octanol–water partition coefficient (Wildman–Crippen LogP) is -0.619. The summed E-state index contributed by atoms with van der Waals surface area (Å²) in [6.07, 6.45) is 0. The number of ether oxygens (including phenoxy) is 1. The van der Waals surface area contributed by atoms with Crippen LogP contribution in [0, 0.1) is 0 Å². The highest BCUT2D eigenvalue weighted by Crippen LogP contribution is 1.98. The van der Waals surface area contributed by atoms with Crippen LogP contribution in [0.4, 0.5) is 0 Å². The second kappa shape index (κ2) is 5.95. The van der Waals surface area contributed by atoms with E-state index in [1.54, 1.807) is 0 Å². The lowest BCUT2D eigenvalue weighted by molar-refractivity contribution is -0.140. The molecule has 2 N–H and O–H groups in total. The minimum absolute atomic E-state index is 0.460. The minimum Gasteiger partial charge on any atom is -0.480 e. The first-order chi connectivity index (χ1) is 6.74. The fourth-order valence-electron chi connectivity index (χ4n) is 1.52. The number of carboxylic acid groups (broad SMARTS) is 1. The predicted molar refractivity (Wildman–Crippen MR) is 52.4 cm³/mol. The Morgan fingerprint density at radius 2 is 2.21 bits per heavy atom. The monoisotopic (exact) mass is 202 g/mol. The summed E-state index contributed by atoms with van der Waals surface area (Å²) in [6, 6.07) is -0.460. The Balaban J connectivity index is 2.33. The smallest absolute Gasteiger partial charge is 0.322 e. The first kappa shape index (κ1) is 11.4. The Kier molecular flexibility index (Phi) is 4.86. The molecule has 1 unspecified atom stereocenters. The van der Waals surface area contributed by atoms with Gasteiger partial charge in [0.2, 0.25) is 0 Å². The maximum Gasteiger partial charge on any atom is 0.322 e. The molecule has 82 valence electrons. The summed E-state index contributed by atoms with van der Waals surface area (Å²) in [5, 5.41) is 11.9. The fourth-order valence-corrected chi connectivity index (χ4v) is 1.52. The maximum atomic E-state index is 10.8. The topological polar surface area (TPSA) is 61.8 Å². The molecule has 1 aliphatic rings. The van der Waals surface area contributed by atoms with E-state index in [1.165, 1.54) is 0 Å². The van der Waals surface area contributed by atoms with Crippen molar-refractivity contribution >= 4 is 5.97 Å². The summed E-state index contributed by atoms with van der Waals surface area (Å²) in [4.78, 5) is 13.0. The zero-order valence-electron chi connectivity index (χ0n) is 8.53. The number of nitrogens with zero attached hydrogens (tertiary/aromatic N) is 1. The molecule has 1 saturated heterocycles. The van der Waals surface area contributed by atoms with E-state index in [0.717, 1.165) is 13.1 Å². The van der Waals surface area contributed by atoms with Crippen molar-refractivity contribution in [2.75, 3.05) is 39.4 Å². The van der Waals surface area contributed by atoms with Gasteiger partial charge in [0, 0.05) is 19.6 Å². The Labute approximate surface area is 84.0 Å². The fraction of sp³-hybridized carbons (Fsp3) is 0.889. The Hall–Kier alpha value is -0.650. The van der Waals surface area contributed by atoms with Crippen molar-refractivity contribution in [3.63, 3.8) is 0 Å². The first-order valence-corrected chi connectivity index (χ1v) is 5.00. The number of nitrogens with one attached hydrogen (secondary N) is 1. The van der Waals surface area contributed by atoms with Gasteiger partial charge in [-0.3, -0.25) is 9.69 Å². The van der Waals surface area contributed by atoms with Crippen molar-refractivity contribution in [1.29, 1.82) is 0 Å². The zero-order valence-corrected chi connectivity index (χ0v) is 8.53. The van der Waals surface area contributed by atoms with Gasteiger partial charge in [0.1, 0.15) is 6.04 Å². The van der Waals surface area contributed by atoms with Gasteiger partial charge in [-0.25, -0.2) is 0 Å². The van der Waals surface area contributed by atoms with Crippen LogP contribution in [0.5, 0.6) is 0 Å². The highest BCUT2D eigenvalue weighted by Gasteiger charge is 2.20. The van der Waals surface area contributed by atoms with Crippen LogP contribution in [0.1, 0.15) is 6.92 Å². The molecule has 0 spiro atoms. The van der Waals surface area contributed by atoms with Gasteiger partial charge >= 0.3 is 5.97 Å². The van der Waals surface area contributed by atoms with Crippen molar-refractivity contribution in [3.05, 3.63) is 0 Å². The van der Waals surface area contributed by atoms with E-state index in [2.05, 4.69) is 10.2 Å². The van der Waals surface area contributed by atoms with E-state index in [-0.39, 0.29) is 0 Å². The van der Waals surface area contributed by atoms with Gasteiger partial charge in [-0.05, 0) is 6.54 Å². The molecule has 5 heteroatoms. The third kappa shape index (κ3) is 3.61. The number of hydrogen-bond donors (Lipinski definition) is 2. The van der Waals surface area contributed by atoms with Crippen LogP contribution in [-0.4, -0.2) is 61.4 Å². The SMILES string of the molecule is CCNC(CN1CCOCC1)C(=O)O. The van der Waals surface area contributed by atoms with Crippen LogP contribution in [-0.2, 0) is 9.53 Å². The second-order valence-electron chi connectivity index (χ2n) is 3.36. The van der Waals surface area contributed by atoms with E-state index >= 15 is 0 Å². The average molecular weight is 202 g/mol. The average Bonchev–Trinajstić information content (AvgIpc) is 2.18. The number of hydrogen-bond acceptors (Lipinski definition) is 4. The highest BCUT2D eigenvalue weighted by atomic mass is 16.5. The van der Waals surface area contributed by atoms with E-state index in [0.29, 0.717) is 26.3 Å². The molecule has 0 amide bonds. The molecule has 0 aromatic carbocycles. The third-order valence-corrected chi connectivity index (χ3v) is 2.29. The molecule has 1 rings (SSSR count). The lowest BCUT2D eigenvalue weighted by atomic mass is 10.2. The van der Waals surface area contributed by atoms with Gasteiger partial charge in [0.05, 0.1) is 13.2 Å². The van der Waals surface area contributed by atoms with Crippen LogP contribution in [0.3, 0.4) is 0 Å². The molecule has 0 aromatic heterocycles. The number of carboxylic acids is 1. The molecule has 0 aliphatic carbocycles. The lowest BCUT2D eigenvalue weighted by Crippen LogP contribution is -2.49. The van der Waals surface area contributed by atoms with Gasteiger partial charge < -0.3 is 15.2 Å². The summed E-state index contributed by atoms with van der Waals surface area (Å²) in [5.41, 5.74) is 0. The van der Waals surface area contributed by atoms with E-state index < -0.39 is 12.0 Å². The summed E-state index contributed by atoms with van der Waals surface area (Å²) < 4.78 is 5.19. The number of aliphatic carboxylic acids is 1. The molecule has 14 heavy (non-hydrogen) atoms. The van der Waals surface area contributed by atoms with Gasteiger partial charge in [0.15, 0.2) is 0 Å². The quantitative estimate of drug-likeness (QED) is 0.622. The Morgan fingerprint density at radius 3 is 2.71 bits per heavy atom. The molecular weight excluding hydrogens is 184 g/mol. The number of likely N-dealkylation sites (N-methyl/N-ethyl adjacent to an activating group) is 1. The molecule has 1 atom stereocenters. The van der Waals surface area contributed by atoms with Crippen LogP contribution in [0.15, 0.2) is 0 Å². The van der Waals surface area contributed by atoms with Crippen LogP contribution >= 0.6 is 0 Å². The third-order valence-electron chi connectivity index (χ3n) is 2.29. The largest absolute Gasteiger partial charge is 0.480 e. The van der Waals surface area contributed by atoms with Crippen molar-refractivity contribution < 1.29 is 14.6 Å². The molecule has 1 fully saturated rings. The second-order valence-corrected chi connectivity index (χ2v) is 3.36. The van der Waals surface area contributed by atoms with Gasteiger partial charge in [-0.2, -0.15) is 0 Å². The van der Waals surface area contributed by atoms with Crippen molar-refractivity contribution in [3.8, 4) is 0 Å². The number of rotatable bonds is 5. The summed E-state index contributed by atoms with van der Waals surface area (Å²) >= 11 is 0. The molecule has 1 aliphatic heterocycles. The Morgan fingerprint density at radius 1 is 1.57 bits per heavy atom. The summed E-state index contributed by atoms with van der Waals surface area (Å²) in [5.74, 6) is -0.779. The van der Waals surface area contributed by atoms with E-state index in [9.17, 15) is 4.79 Å². The molecule has 0 saturated carbocycles. The molecular formula is C9H18N2O3. The van der Waals surface area contributed by atoms with Crippen LogP contribution in [0.25, 0.3) is 0 Å². The van der Waals surface area contributed by atoms with E-state index in [1.807, 2.05) is 6.92 Å². The molecule has 0 aromatic rings. The summed E-state index contributed by atoms with van der Waals surface area (Å²) in [6.45, 7) is 6.23. The minimum atomic E-state index is -0.779. The number of carbonyl (C=O) groups is 1.